The first-order chi connectivity index (χ1) is 7.90. The molecule has 96 valence electrons. The van der Waals surface area contributed by atoms with Gasteiger partial charge in [0.15, 0.2) is 0 Å². The summed E-state index contributed by atoms with van der Waals surface area (Å²) >= 11 is 11.6. The van der Waals surface area contributed by atoms with Crippen molar-refractivity contribution in [2.45, 2.75) is 6.18 Å². The molecule has 0 amide bonds. The first kappa shape index (κ1) is 14.4. The summed E-state index contributed by atoms with van der Waals surface area (Å²) in [4.78, 5) is 0. The van der Waals surface area contributed by atoms with Crippen LogP contribution in [0.15, 0.2) is 18.2 Å². The zero-order chi connectivity index (χ0) is 12.9. The summed E-state index contributed by atoms with van der Waals surface area (Å²) in [6.45, 7) is -1.10. The van der Waals surface area contributed by atoms with E-state index < -0.39 is 12.8 Å². The van der Waals surface area contributed by atoms with Gasteiger partial charge in [-0.15, -0.1) is 0 Å². The Morgan fingerprint density at radius 2 is 1.94 bits per heavy atom. The fraction of sp³-hybridized carbons (Fsp3) is 0.400. The van der Waals surface area contributed by atoms with E-state index in [0.717, 1.165) is 0 Å². The first-order valence-electron chi connectivity index (χ1n) is 4.72. The Labute approximate surface area is 107 Å². The van der Waals surface area contributed by atoms with Crippen molar-refractivity contribution < 1.29 is 17.9 Å². The van der Waals surface area contributed by atoms with Gasteiger partial charge in [-0.05, 0) is 12.1 Å². The van der Waals surface area contributed by atoms with Crippen LogP contribution in [0.5, 0.6) is 0 Å². The van der Waals surface area contributed by atoms with Gasteiger partial charge < -0.3 is 10.1 Å². The third-order valence-electron chi connectivity index (χ3n) is 1.78. The monoisotopic (exact) mass is 287 g/mol. The lowest BCUT2D eigenvalue weighted by molar-refractivity contribution is -0.172. The molecule has 0 bridgehead atoms. The maximum atomic E-state index is 11.7. The van der Waals surface area contributed by atoms with Crippen LogP contribution in [0.3, 0.4) is 0 Å². The SMILES string of the molecule is FC(F)(F)COCCNc1cccc(Cl)c1Cl. The molecule has 0 heterocycles. The predicted octanol–water partition coefficient (Wildman–Crippen LogP) is 3.98. The molecule has 2 nitrogen and oxygen atoms in total. The summed E-state index contributed by atoms with van der Waals surface area (Å²) in [6.07, 6.45) is -4.30. The zero-order valence-corrected chi connectivity index (χ0v) is 10.2. The summed E-state index contributed by atoms with van der Waals surface area (Å²) in [6, 6.07) is 4.99. The highest BCUT2D eigenvalue weighted by atomic mass is 35.5. The number of hydrogen-bond donors (Lipinski definition) is 1. The molecular formula is C10H10Cl2F3NO. The molecule has 17 heavy (non-hydrogen) atoms. The molecule has 0 unspecified atom stereocenters. The van der Waals surface area contributed by atoms with Crippen LogP contribution in [0.2, 0.25) is 10.0 Å². The number of rotatable bonds is 5. The summed E-state index contributed by atoms with van der Waals surface area (Å²) in [7, 11) is 0. The van der Waals surface area contributed by atoms with Crippen LogP contribution < -0.4 is 5.32 Å². The smallest absolute Gasteiger partial charge is 0.381 e. The van der Waals surface area contributed by atoms with Gasteiger partial charge in [0, 0.05) is 6.54 Å². The molecule has 0 fully saturated rings. The molecule has 7 heteroatoms. The number of alkyl halides is 3. The van der Waals surface area contributed by atoms with Gasteiger partial charge in [-0.3, -0.25) is 0 Å². The summed E-state index contributed by atoms with van der Waals surface area (Å²) in [5, 5.41) is 3.55. The summed E-state index contributed by atoms with van der Waals surface area (Å²) < 4.78 is 39.6. The maximum Gasteiger partial charge on any atom is 0.411 e. The van der Waals surface area contributed by atoms with E-state index in [9.17, 15) is 13.2 Å². The summed E-state index contributed by atoms with van der Waals surface area (Å²) in [5.41, 5.74) is 0.565. The van der Waals surface area contributed by atoms with Crippen molar-refractivity contribution in [3.8, 4) is 0 Å². The Morgan fingerprint density at radius 3 is 2.59 bits per heavy atom. The molecule has 0 aliphatic carbocycles. The third-order valence-corrected chi connectivity index (χ3v) is 2.60. The van der Waals surface area contributed by atoms with E-state index in [1.165, 1.54) is 0 Å². The zero-order valence-electron chi connectivity index (χ0n) is 8.65. The lowest BCUT2D eigenvalue weighted by atomic mass is 10.3. The number of hydrogen-bond acceptors (Lipinski definition) is 2. The van der Waals surface area contributed by atoms with E-state index in [1.54, 1.807) is 18.2 Å². The van der Waals surface area contributed by atoms with Crippen LogP contribution in [0.4, 0.5) is 18.9 Å². The summed E-state index contributed by atoms with van der Waals surface area (Å²) in [5.74, 6) is 0. The fourth-order valence-electron chi connectivity index (χ4n) is 1.09. The lowest BCUT2D eigenvalue weighted by Gasteiger charge is -2.10. The largest absolute Gasteiger partial charge is 0.411 e. The maximum absolute atomic E-state index is 11.7. The van der Waals surface area contributed by atoms with Crippen molar-refractivity contribution in [2.24, 2.45) is 0 Å². The molecule has 0 saturated heterocycles. The van der Waals surface area contributed by atoms with Crippen LogP contribution in [-0.4, -0.2) is 25.9 Å². The normalized spacial score (nSPS) is 11.6. The minimum Gasteiger partial charge on any atom is -0.381 e. The van der Waals surface area contributed by atoms with E-state index in [0.29, 0.717) is 15.7 Å². The van der Waals surface area contributed by atoms with Crippen LogP contribution in [0.25, 0.3) is 0 Å². The number of ether oxygens (including phenoxy) is 1. The topological polar surface area (TPSA) is 21.3 Å². The van der Waals surface area contributed by atoms with Crippen molar-refractivity contribution in [2.75, 3.05) is 25.1 Å². The molecule has 1 N–H and O–H groups in total. The van der Waals surface area contributed by atoms with Crippen LogP contribution in [-0.2, 0) is 4.74 Å². The van der Waals surface area contributed by atoms with Gasteiger partial charge in [-0.1, -0.05) is 29.3 Å². The van der Waals surface area contributed by atoms with Crippen molar-refractivity contribution >= 4 is 28.9 Å². The second kappa shape index (κ2) is 6.33. The Morgan fingerprint density at radius 1 is 1.24 bits per heavy atom. The molecule has 0 aromatic heterocycles. The highest BCUT2D eigenvalue weighted by Gasteiger charge is 2.27. The first-order valence-corrected chi connectivity index (χ1v) is 5.48. The van der Waals surface area contributed by atoms with Crippen LogP contribution in [0.1, 0.15) is 0 Å². The highest BCUT2D eigenvalue weighted by Crippen LogP contribution is 2.29. The van der Waals surface area contributed by atoms with Crippen molar-refractivity contribution in [3.05, 3.63) is 28.2 Å². The van der Waals surface area contributed by atoms with Gasteiger partial charge in [-0.2, -0.15) is 13.2 Å². The molecule has 0 radical (unpaired) electrons. The lowest BCUT2D eigenvalue weighted by Crippen LogP contribution is -2.20. The average molecular weight is 288 g/mol. The van der Waals surface area contributed by atoms with E-state index in [1.807, 2.05) is 0 Å². The quantitative estimate of drug-likeness (QED) is 0.827. The molecule has 0 aliphatic rings. The average Bonchev–Trinajstić information content (AvgIpc) is 2.22. The van der Waals surface area contributed by atoms with Crippen LogP contribution >= 0.6 is 23.2 Å². The molecule has 1 aromatic carbocycles. The van der Waals surface area contributed by atoms with Gasteiger partial charge in [-0.25, -0.2) is 0 Å². The second-order valence-electron chi connectivity index (χ2n) is 3.20. The van der Waals surface area contributed by atoms with Gasteiger partial charge in [0.05, 0.1) is 22.3 Å². The Kier molecular flexibility index (Phi) is 5.36. The van der Waals surface area contributed by atoms with E-state index in [4.69, 9.17) is 23.2 Å². The van der Waals surface area contributed by atoms with Gasteiger partial charge >= 0.3 is 6.18 Å². The van der Waals surface area contributed by atoms with Gasteiger partial charge in [0.25, 0.3) is 0 Å². The minimum atomic E-state index is -4.30. The number of halogens is 5. The molecule has 0 aliphatic heterocycles. The predicted molar refractivity (Wildman–Crippen MR) is 61.8 cm³/mol. The molecule has 0 atom stereocenters. The molecular weight excluding hydrogens is 278 g/mol. The van der Waals surface area contributed by atoms with Crippen molar-refractivity contribution in [1.29, 1.82) is 0 Å². The fourth-order valence-corrected chi connectivity index (χ4v) is 1.45. The number of benzene rings is 1. The standard InChI is InChI=1S/C10H10Cl2F3NO/c11-7-2-1-3-8(9(7)12)16-4-5-17-6-10(13,14)15/h1-3,16H,4-6H2. The Bertz CT molecular complexity index is 371. The van der Waals surface area contributed by atoms with Gasteiger partial charge in [0.2, 0.25) is 0 Å². The molecule has 1 aromatic rings. The second-order valence-corrected chi connectivity index (χ2v) is 3.98. The van der Waals surface area contributed by atoms with E-state index in [-0.39, 0.29) is 13.2 Å². The Balaban J connectivity index is 2.29. The highest BCUT2D eigenvalue weighted by molar-refractivity contribution is 6.43. The molecule has 0 saturated carbocycles. The molecule has 1 rings (SSSR count). The molecule has 0 spiro atoms. The van der Waals surface area contributed by atoms with Gasteiger partial charge in [0.1, 0.15) is 6.61 Å². The minimum absolute atomic E-state index is 0.0671. The number of nitrogens with one attached hydrogen (secondary N) is 1. The van der Waals surface area contributed by atoms with E-state index >= 15 is 0 Å². The Hall–Kier alpha value is -0.650. The van der Waals surface area contributed by atoms with Crippen molar-refractivity contribution in [1.82, 2.24) is 0 Å². The van der Waals surface area contributed by atoms with E-state index in [2.05, 4.69) is 10.1 Å². The van der Waals surface area contributed by atoms with Crippen LogP contribution in [0, 0.1) is 0 Å². The van der Waals surface area contributed by atoms with Crippen molar-refractivity contribution in [3.63, 3.8) is 0 Å². The number of anilines is 1. The third kappa shape index (κ3) is 5.48.